The van der Waals surface area contributed by atoms with Gasteiger partial charge in [-0.05, 0) is 40.2 Å². The summed E-state index contributed by atoms with van der Waals surface area (Å²) in [6, 6.07) is 10.8. The number of benzene rings is 2. The molecule has 0 spiro atoms. The first-order valence-electron chi connectivity index (χ1n) is 5.65. The van der Waals surface area contributed by atoms with Gasteiger partial charge in [0.15, 0.2) is 0 Å². The topological polar surface area (TPSA) is 41.5 Å². The quantitative estimate of drug-likeness (QED) is 0.863. The molecule has 0 saturated heterocycles. The molecular weight excluding hydrogens is 330 g/mol. The molecule has 0 aromatic heterocycles. The molecule has 3 nitrogen and oxygen atoms in total. The highest BCUT2D eigenvalue weighted by atomic mass is 79.9. The SMILES string of the molecule is COc1ccc(CNc2cccc(Cl)c2Br)c(O)c1. The first-order valence-corrected chi connectivity index (χ1v) is 6.82. The molecule has 0 aliphatic rings. The molecular formula is C14H13BrClNO2. The summed E-state index contributed by atoms with van der Waals surface area (Å²) in [4.78, 5) is 0. The van der Waals surface area contributed by atoms with Crippen molar-refractivity contribution in [2.24, 2.45) is 0 Å². The van der Waals surface area contributed by atoms with E-state index in [0.29, 0.717) is 17.3 Å². The lowest BCUT2D eigenvalue weighted by molar-refractivity contribution is 0.406. The predicted octanol–water partition coefficient (Wildman–Crippen LogP) is 4.43. The van der Waals surface area contributed by atoms with Crippen LogP contribution in [-0.2, 0) is 6.54 Å². The van der Waals surface area contributed by atoms with Crippen molar-refractivity contribution in [3.8, 4) is 11.5 Å². The van der Waals surface area contributed by atoms with E-state index in [1.165, 1.54) is 0 Å². The maximum atomic E-state index is 9.87. The lowest BCUT2D eigenvalue weighted by Crippen LogP contribution is -2.00. The van der Waals surface area contributed by atoms with Crippen LogP contribution >= 0.6 is 27.5 Å². The molecule has 2 rings (SSSR count). The van der Waals surface area contributed by atoms with Crippen LogP contribution in [0.5, 0.6) is 11.5 Å². The van der Waals surface area contributed by atoms with Crippen molar-refractivity contribution in [2.75, 3.05) is 12.4 Å². The molecule has 2 aromatic carbocycles. The minimum absolute atomic E-state index is 0.199. The van der Waals surface area contributed by atoms with Crippen LogP contribution in [0.2, 0.25) is 5.02 Å². The summed E-state index contributed by atoms with van der Waals surface area (Å²) >= 11 is 9.43. The van der Waals surface area contributed by atoms with Gasteiger partial charge in [0, 0.05) is 18.2 Å². The smallest absolute Gasteiger partial charge is 0.124 e. The molecule has 2 aromatic rings. The van der Waals surface area contributed by atoms with Gasteiger partial charge < -0.3 is 15.2 Å². The average molecular weight is 343 g/mol. The van der Waals surface area contributed by atoms with Gasteiger partial charge in [-0.2, -0.15) is 0 Å². The van der Waals surface area contributed by atoms with E-state index in [2.05, 4.69) is 21.2 Å². The Balaban J connectivity index is 2.12. The van der Waals surface area contributed by atoms with Crippen LogP contribution in [0, 0.1) is 0 Å². The Morgan fingerprint density at radius 3 is 2.79 bits per heavy atom. The Labute approximate surface area is 125 Å². The molecule has 5 heteroatoms. The van der Waals surface area contributed by atoms with Crippen molar-refractivity contribution in [1.29, 1.82) is 0 Å². The number of ether oxygens (including phenoxy) is 1. The number of aromatic hydroxyl groups is 1. The lowest BCUT2D eigenvalue weighted by atomic mass is 10.2. The van der Waals surface area contributed by atoms with Gasteiger partial charge >= 0.3 is 0 Å². The van der Waals surface area contributed by atoms with E-state index in [4.69, 9.17) is 16.3 Å². The highest BCUT2D eigenvalue weighted by Gasteiger charge is 2.06. The second-order valence-electron chi connectivity index (χ2n) is 3.95. The van der Waals surface area contributed by atoms with E-state index in [1.807, 2.05) is 30.3 Å². The van der Waals surface area contributed by atoms with Crippen molar-refractivity contribution in [1.82, 2.24) is 0 Å². The molecule has 0 radical (unpaired) electrons. The van der Waals surface area contributed by atoms with E-state index < -0.39 is 0 Å². The van der Waals surface area contributed by atoms with Gasteiger partial charge in [-0.25, -0.2) is 0 Å². The fourth-order valence-corrected chi connectivity index (χ4v) is 2.23. The number of hydrogen-bond donors (Lipinski definition) is 2. The van der Waals surface area contributed by atoms with E-state index in [-0.39, 0.29) is 5.75 Å². The molecule has 0 fully saturated rings. The van der Waals surface area contributed by atoms with E-state index in [9.17, 15) is 5.11 Å². The van der Waals surface area contributed by atoms with Gasteiger partial charge in [-0.15, -0.1) is 0 Å². The van der Waals surface area contributed by atoms with Crippen LogP contribution in [-0.4, -0.2) is 12.2 Å². The molecule has 19 heavy (non-hydrogen) atoms. The van der Waals surface area contributed by atoms with Crippen molar-refractivity contribution in [3.05, 3.63) is 51.5 Å². The number of halogens is 2. The van der Waals surface area contributed by atoms with Gasteiger partial charge in [0.25, 0.3) is 0 Å². The normalized spacial score (nSPS) is 10.3. The highest BCUT2D eigenvalue weighted by molar-refractivity contribution is 9.10. The third kappa shape index (κ3) is 3.33. The summed E-state index contributed by atoms with van der Waals surface area (Å²) in [7, 11) is 1.57. The second kappa shape index (κ2) is 6.17. The third-order valence-corrected chi connectivity index (χ3v) is 4.11. The van der Waals surface area contributed by atoms with Crippen LogP contribution in [0.1, 0.15) is 5.56 Å². The summed E-state index contributed by atoms with van der Waals surface area (Å²) in [6.07, 6.45) is 0. The molecule has 0 atom stereocenters. The molecule has 0 heterocycles. The monoisotopic (exact) mass is 341 g/mol. The largest absolute Gasteiger partial charge is 0.507 e. The van der Waals surface area contributed by atoms with E-state index in [1.54, 1.807) is 13.2 Å². The zero-order chi connectivity index (χ0) is 13.8. The number of anilines is 1. The number of phenols is 1. The fourth-order valence-electron chi connectivity index (χ4n) is 1.65. The van der Waals surface area contributed by atoms with Crippen LogP contribution in [0.25, 0.3) is 0 Å². The summed E-state index contributed by atoms with van der Waals surface area (Å²) in [5, 5.41) is 13.7. The van der Waals surface area contributed by atoms with Gasteiger partial charge in [0.1, 0.15) is 11.5 Å². The summed E-state index contributed by atoms with van der Waals surface area (Å²) in [5.74, 6) is 0.829. The Morgan fingerprint density at radius 2 is 2.11 bits per heavy atom. The van der Waals surface area contributed by atoms with Crippen molar-refractivity contribution in [2.45, 2.75) is 6.54 Å². The zero-order valence-electron chi connectivity index (χ0n) is 10.3. The van der Waals surface area contributed by atoms with Crippen LogP contribution in [0.4, 0.5) is 5.69 Å². The number of methoxy groups -OCH3 is 1. The molecule has 0 saturated carbocycles. The number of phenolic OH excluding ortho intramolecular Hbond substituents is 1. The molecule has 0 aliphatic heterocycles. The maximum absolute atomic E-state index is 9.87. The number of nitrogens with one attached hydrogen (secondary N) is 1. The standard InChI is InChI=1S/C14H13BrClNO2/c1-19-10-6-5-9(13(18)7-10)8-17-12-4-2-3-11(16)14(12)15/h2-7,17-18H,8H2,1H3. The summed E-state index contributed by atoms with van der Waals surface area (Å²) in [5.41, 5.74) is 1.66. The minimum Gasteiger partial charge on any atom is -0.507 e. The molecule has 100 valence electrons. The third-order valence-electron chi connectivity index (χ3n) is 2.71. The second-order valence-corrected chi connectivity index (χ2v) is 5.15. The van der Waals surface area contributed by atoms with Crippen molar-refractivity contribution >= 4 is 33.2 Å². The maximum Gasteiger partial charge on any atom is 0.124 e. The Morgan fingerprint density at radius 1 is 1.32 bits per heavy atom. The number of rotatable bonds is 4. The lowest BCUT2D eigenvalue weighted by Gasteiger charge is -2.11. The average Bonchev–Trinajstić information content (AvgIpc) is 2.41. The van der Waals surface area contributed by atoms with E-state index >= 15 is 0 Å². The molecule has 0 unspecified atom stereocenters. The summed E-state index contributed by atoms with van der Waals surface area (Å²) < 4.78 is 5.85. The molecule has 2 N–H and O–H groups in total. The first kappa shape index (κ1) is 14.0. The Kier molecular flexibility index (Phi) is 4.56. The van der Waals surface area contributed by atoms with Gasteiger partial charge in [0.2, 0.25) is 0 Å². The van der Waals surface area contributed by atoms with E-state index in [0.717, 1.165) is 15.7 Å². The Bertz CT molecular complexity index is 590. The summed E-state index contributed by atoms with van der Waals surface area (Å²) in [6.45, 7) is 0.495. The van der Waals surface area contributed by atoms with Crippen LogP contribution in [0.3, 0.4) is 0 Å². The highest BCUT2D eigenvalue weighted by Crippen LogP contribution is 2.31. The zero-order valence-corrected chi connectivity index (χ0v) is 12.6. The van der Waals surface area contributed by atoms with Crippen molar-refractivity contribution < 1.29 is 9.84 Å². The minimum atomic E-state index is 0.199. The van der Waals surface area contributed by atoms with Crippen molar-refractivity contribution in [3.63, 3.8) is 0 Å². The molecule has 0 amide bonds. The van der Waals surface area contributed by atoms with Crippen LogP contribution in [0.15, 0.2) is 40.9 Å². The Hall–Kier alpha value is -1.39. The fraction of sp³-hybridized carbons (Fsp3) is 0.143. The molecule has 0 aliphatic carbocycles. The van der Waals surface area contributed by atoms with Gasteiger partial charge in [-0.3, -0.25) is 0 Å². The number of hydrogen-bond acceptors (Lipinski definition) is 3. The molecule has 0 bridgehead atoms. The first-order chi connectivity index (χ1) is 9.11. The predicted molar refractivity (Wildman–Crippen MR) is 81.1 cm³/mol. The van der Waals surface area contributed by atoms with Gasteiger partial charge in [0.05, 0.1) is 22.3 Å². The van der Waals surface area contributed by atoms with Gasteiger partial charge in [-0.1, -0.05) is 17.7 Å². The van der Waals surface area contributed by atoms with Crippen LogP contribution < -0.4 is 10.1 Å².